The van der Waals surface area contributed by atoms with Crippen molar-refractivity contribution in [3.05, 3.63) is 22.4 Å². The third kappa shape index (κ3) is 3.78. The van der Waals surface area contributed by atoms with Gasteiger partial charge in [0.05, 0.1) is 24.5 Å². The second-order valence-electron chi connectivity index (χ2n) is 4.51. The van der Waals surface area contributed by atoms with Crippen molar-refractivity contribution in [3.63, 3.8) is 0 Å². The highest BCUT2D eigenvalue weighted by Crippen LogP contribution is 2.35. The topological polar surface area (TPSA) is 75.6 Å². The molecule has 1 fully saturated rings. The second kappa shape index (κ2) is 6.16. The molecule has 0 spiro atoms. The summed E-state index contributed by atoms with van der Waals surface area (Å²) in [6.45, 7) is 2.49. The van der Waals surface area contributed by atoms with Crippen LogP contribution in [0.15, 0.2) is 17.5 Å². The second-order valence-corrected chi connectivity index (χ2v) is 5.49. The average molecular weight is 283 g/mol. The van der Waals surface area contributed by atoms with E-state index in [2.05, 4.69) is 5.32 Å². The fourth-order valence-corrected chi connectivity index (χ4v) is 2.79. The molecule has 0 aromatic carbocycles. The molecule has 0 radical (unpaired) electrons. The molecule has 2 rings (SSSR count). The number of aliphatic carboxylic acids is 1. The van der Waals surface area contributed by atoms with Crippen molar-refractivity contribution in [3.8, 4) is 0 Å². The first-order valence-corrected chi connectivity index (χ1v) is 7.17. The molecule has 1 saturated carbocycles. The number of hydrogen-bond acceptors (Lipinski definition) is 4. The Balaban J connectivity index is 1.93. The van der Waals surface area contributed by atoms with Crippen molar-refractivity contribution in [2.75, 3.05) is 6.61 Å². The van der Waals surface area contributed by atoms with Crippen molar-refractivity contribution >= 4 is 23.2 Å². The van der Waals surface area contributed by atoms with Gasteiger partial charge in [-0.25, -0.2) is 0 Å². The van der Waals surface area contributed by atoms with E-state index >= 15 is 0 Å². The van der Waals surface area contributed by atoms with Gasteiger partial charge in [0.1, 0.15) is 0 Å². The van der Waals surface area contributed by atoms with Crippen LogP contribution in [0, 0.1) is 5.92 Å². The van der Waals surface area contributed by atoms with E-state index in [0.29, 0.717) is 6.61 Å². The van der Waals surface area contributed by atoms with Gasteiger partial charge in [0.2, 0.25) is 5.91 Å². The molecule has 5 nitrogen and oxygen atoms in total. The van der Waals surface area contributed by atoms with Crippen LogP contribution in [0.25, 0.3) is 0 Å². The minimum Gasteiger partial charge on any atom is -0.481 e. The van der Waals surface area contributed by atoms with Gasteiger partial charge < -0.3 is 15.2 Å². The normalized spacial score (nSPS) is 22.8. The van der Waals surface area contributed by atoms with Gasteiger partial charge >= 0.3 is 5.97 Å². The Bertz CT molecular complexity index is 446. The maximum Gasteiger partial charge on any atom is 0.305 e. The summed E-state index contributed by atoms with van der Waals surface area (Å²) in [5.41, 5.74) is 0. The minimum absolute atomic E-state index is 0.00110. The summed E-state index contributed by atoms with van der Waals surface area (Å²) in [7, 11) is 0. The van der Waals surface area contributed by atoms with Crippen molar-refractivity contribution in [1.82, 2.24) is 5.32 Å². The van der Waals surface area contributed by atoms with Crippen LogP contribution in [-0.4, -0.2) is 29.7 Å². The zero-order valence-corrected chi connectivity index (χ0v) is 11.5. The Morgan fingerprint density at radius 2 is 2.42 bits per heavy atom. The average Bonchev–Trinajstić information content (AvgIpc) is 2.90. The van der Waals surface area contributed by atoms with Gasteiger partial charge in [0.15, 0.2) is 0 Å². The molecule has 0 bridgehead atoms. The lowest BCUT2D eigenvalue weighted by molar-refractivity contribution is -0.137. The van der Waals surface area contributed by atoms with Crippen LogP contribution in [0.4, 0.5) is 0 Å². The van der Waals surface area contributed by atoms with Crippen LogP contribution >= 0.6 is 11.3 Å². The Labute approximate surface area is 115 Å². The van der Waals surface area contributed by atoms with E-state index in [0.717, 1.165) is 11.3 Å². The monoisotopic (exact) mass is 283 g/mol. The van der Waals surface area contributed by atoms with Crippen LogP contribution in [0.1, 0.15) is 30.7 Å². The molecule has 1 aliphatic carbocycles. The molecule has 0 aliphatic heterocycles. The Morgan fingerprint density at radius 1 is 1.63 bits per heavy atom. The number of carboxylic acid groups (broad SMARTS) is 1. The molecule has 6 heteroatoms. The van der Waals surface area contributed by atoms with E-state index in [4.69, 9.17) is 9.84 Å². The number of hydrogen-bond donors (Lipinski definition) is 2. The first-order chi connectivity index (χ1) is 9.11. The third-order valence-corrected chi connectivity index (χ3v) is 4.02. The van der Waals surface area contributed by atoms with Crippen LogP contribution in [0.5, 0.6) is 0 Å². The largest absolute Gasteiger partial charge is 0.481 e. The molecule has 1 aromatic rings. The highest BCUT2D eigenvalue weighted by atomic mass is 32.1. The fourth-order valence-electron chi connectivity index (χ4n) is 2.01. The zero-order chi connectivity index (χ0) is 13.8. The SMILES string of the molecule is CCO[C@@H]1C[C@@H]1C(=O)N[C@@H](CC(=O)O)c1cccs1. The van der Waals surface area contributed by atoms with Gasteiger partial charge in [-0.05, 0) is 24.8 Å². The molecule has 104 valence electrons. The Hall–Kier alpha value is -1.40. The number of amides is 1. The summed E-state index contributed by atoms with van der Waals surface area (Å²) in [5, 5.41) is 13.6. The van der Waals surface area contributed by atoms with Gasteiger partial charge in [0, 0.05) is 11.5 Å². The summed E-state index contributed by atoms with van der Waals surface area (Å²) in [4.78, 5) is 23.7. The summed E-state index contributed by atoms with van der Waals surface area (Å²) in [6, 6.07) is 3.24. The number of carbonyl (C=O) groups excluding carboxylic acids is 1. The third-order valence-electron chi connectivity index (χ3n) is 3.03. The standard InChI is InChI=1S/C13H17NO4S/c1-2-18-10-6-8(10)13(17)14-9(7-12(15)16)11-4-3-5-19-11/h3-5,8-10H,2,6-7H2,1H3,(H,14,17)(H,15,16)/t8-,9-,10+/m0/s1. The minimum atomic E-state index is -0.921. The number of rotatable bonds is 7. The van der Waals surface area contributed by atoms with Crippen molar-refractivity contribution < 1.29 is 19.4 Å². The predicted molar refractivity (Wildman–Crippen MR) is 71.0 cm³/mol. The number of ether oxygens (including phenoxy) is 1. The quantitative estimate of drug-likeness (QED) is 0.800. The first kappa shape index (κ1) is 14.0. The summed E-state index contributed by atoms with van der Waals surface area (Å²) >= 11 is 1.45. The van der Waals surface area contributed by atoms with Crippen molar-refractivity contribution in [2.24, 2.45) is 5.92 Å². The summed E-state index contributed by atoms with van der Waals surface area (Å²) in [5.74, 6) is -1.16. The van der Waals surface area contributed by atoms with Gasteiger partial charge in [0.25, 0.3) is 0 Å². The van der Waals surface area contributed by atoms with E-state index < -0.39 is 12.0 Å². The van der Waals surface area contributed by atoms with E-state index in [-0.39, 0.29) is 24.3 Å². The number of nitrogens with one attached hydrogen (secondary N) is 1. The van der Waals surface area contributed by atoms with Crippen molar-refractivity contribution in [1.29, 1.82) is 0 Å². The molecule has 2 N–H and O–H groups in total. The first-order valence-electron chi connectivity index (χ1n) is 6.29. The van der Waals surface area contributed by atoms with Gasteiger partial charge in [-0.15, -0.1) is 11.3 Å². The fraction of sp³-hybridized carbons (Fsp3) is 0.538. The highest BCUT2D eigenvalue weighted by molar-refractivity contribution is 7.10. The molecule has 0 saturated heterocycles. The van der Waals surface area contributed by atoms with Crippen molar-refractivity contribution in [2.45, 2.75) is 31.9 Å². The Morgan fingerprint density at radius 3 is 3.00 bits per heavy atom. The van der Waals surface area contributed by atoms with Gasteiger partial charge in [-0.3, -0.25) is 9.59 Å². The molecular formula is C13H17NO4S. The summed E-state index contributed by atoms with van der Waals surface area (Å²) in [6.07, 6.45) is 0.626. The van der Waals surface area contributed by atoms with E-state index in [1.807, 2.05) is 24.4 Å². The zero-order valence-electron chi connectivity index (χ0n) is 10.7. The number of carbonyl (C=O) groups is 2. The maximum absolute atomic E-state index is 12.0. The predicted octanol–water partition coefficient (Wildman–Crippen LogP) is 1.81. The molecule has 1 amide bonds. The number of carboxylic acids is 1. The molecule has 1 heterocycles. The smallest absolute Gasteiger partial charge is 0.305 e. The molecule has 1 aliphatic rings. The van der Waals surface area contributed by atoms with Crippen LogP contribution in [0.2, 0.25) is 0 Å². The van der Waals surface area contributed by atoms with Gasteiger partial charge in [-0.2, -0.15) is 0 Å². The Kier molecular flexibility index (Phi) is 4.55. The van der Waals surface area contributed by atoms with E-state index in [1.165, 1.54) is 11.3 Å². The maximum atomic E-state index is 12.0. The van der Waals surface area contributed by atoms with Crippen LogP contribution in [-0.2, 0) is 14.3 Å². The molecular weight excluding hydrogens is 266 g/mol. The molecule has 1 aromatic heterocycles. The van der Waals surface area contributed by atoms with Gasteiger partial charge in [-0.1, -0.05) is 6.07 Å². The highest BCUT2D eigenvalue weighted by Gasteiger charge is 2.44. The molecule has 3 atom stereocenters. The van der Waals surface area contributed by atoms with Crippen LogP contribution in [0.3, 0.4) is 0 Å². The summed E-state index contributed by atoms with van der Waals surface area (Å²) < 4.78 is 5.37. The lowest BCUT2D eigenvalue weighted by Crippen LogP contribution is -2.31. The molecule has 19 heavy (non-hydrogen) atoms. The number of thiophene rings is 1. The van der Waals surface area contributed by atoms with E-state index in [1.54, 1.807) is 0 Å². The lowest BCUT2D eigenvalue weighted by atomic mass is 10.1. The van der Waals surface area contributed by atoms with E-state index in [9.17, 15) is 9.59 Å². The lowest BCUT2D eigenvalue weighted by Gasteiger charge is -2.15. The molecule has 0 unspecified atom stereocenters. The van der Waals surface area contributed by atoms with Crippen LogP contribution < -0.4 is 5.32 Å².